The van der Waals surface area contributed by atoms with Crippen molar-refractivity contribution >= 4 is 12.0 Å². The molecule has 0 unspecified atom stereocenters. The number of hydrogen-bond acceptors (Lipinski definition) is 3. The van der Waals surface area contributed by atoms with E-state index in [0.29, 0.717) is 5.76 Å². The van der Waals surface area contributed by atoms with E-state index < -0.39 is 0 Å². The van der Waals surface area contributed by atoms with Crippen molar-refractivity contribution in [3.63, 3.8) is 0 Å². The Morgan fingerprint density at radius 3 is 2.84 bits per heavy atom. The quantitative estimate of drug-likeness (QED) is 0.748. The molecule has 136 valence electrons. The molecular formula is C21H29NO3. The van der Waals surface area contributed by atoms with Crippen molar-refractivity contribution in [2.45, 2.75) is 47.0 Å². The second kappa shape index (κ2) is 8.34. The summed E-state index contributed by atoms with van der Waals surface area (Å²) in [6.07, 6.45) is 9.91. The number of nitrogens with one attached hydrogen (secondary N) is 1. The Balaban J connectivity index is 2.09. The molecule has 1 amide bonds. The Bertz CT molecular complexity index is 704. The predicted molar refractivity (Wildman–Crippen MR) is 101 cm³/mol. The number of furan rings is 1. The summed E-state index contributed by atoms with van der Waals surface area (Å²) in [5, 5.41) is 11.3. The van der Waals surface area contributed by atoms with Crippen molar-refractivity contribution in [1.82, 2.24) is 5.32 Å². The van der Waals surface area contributed by atoms with Crippen LogP contribution in [-0.4, -0.2) is 24.2 Å². The van der Waals surface area contributed by atoms with Crippen molar-refractivity contribution < 1.29 is 14.3 Å². The lowest BCUT2D eigenvalue weighted by Crippen LogP contribution is -2.25. The Morgan fingerprint density at radius 1 is 1.40 bits per heavy atom. The van der Waals surface area contributed by atoms with Crippen LogP contribution in [0.3, 0.4) is 0 Å². The molecule has 4 heteroatoms. The number of carbonyl (C=O) groups excluding carboxylic acids is 1. The topological polar surface area (TPSA) is 62.5 Å². The molecule has 1 aliphatic carbocycles. The fraction of sp³-hybridized carbons (Fsp3) is 0.476. The summed E-state index contributed by atoms with van der Waals surface area (Å²) < 4.78 is 5.55. The normalized spacial score (nSPS) is 18.0. The van der Waals surface area contributed by atoms with E-state index in [0.717, 1.165) is 5.57 Å². The van der Waals surface area contributed by atoms with Crippen molar-refractivity contribution in [2.24, 2.45) is 5.41 Å². The molecule has 1 aromatic heterocycles. The summed E-state index contributed by atoms with van der Waals surface area (Å²) in [4.78, 5) is 11.8. The monoisotopic (exact) mass is 343 g/mol. The van der Waals surface area contributed by atoms with Crippen LogP contribution in [0.25, 0.3) is 6.08 Å². The fourth-order valence-electron chi connectivity index (χ4n) is 3.31. The minimum Gasteiger partial charge on any atom is -0.452 e. The molecule has 0 atom stereocenters. The van der Waals surface area contributed by atoms with Gasteiger partial charge in [0.05, 0.1) is 6.61 Å². The highest BCUT2D eigenvalue weighted by molar-refractivity contribution is 5.91. The first-order chi connectivity index (χ1) is 11.8. The number of aliphatic hydroxyl groups is 1. The summed E-state index contributed by atoms with van der Waals surface area (Å²) in [7, 11) is 0. The van der Waals surface area contributed by atoms with Crippen molar-refractivity contribution in [2.75, 3.05) is 13.2 Å². The zero-order valence-electron chi connectivity index (χ0n) is 15.7. The minimum absolute atomic E-state index is 0.0886. The summed E-state index contributed by atoms with van der Waals surface area (Å²) in [6, 6.07) is 3.42. The van der Waals surface area contributed by atoms with Crippen LogP contribution in [0.2, 0.25) is 0 Å². The zero-order chi connectivity index (χ0) is 18.4. The molecule has 1 aromatic rings. The number of carbonyl (C=O) groups is 1. The minimum atomic E-state index is -0.313. The highest BCUT2D eigenvalue weighted by Gasteiger charge is 2.26. The molecule has 0 radical (unpaired) electrons. The first kappa shape index (κ1) is 19.3. The Hall–Kier alpha value is -2.07. The van der Waals surface area contributed by atoms with Gasteiger partial charge >= 0.3 is 0 Å². The standard InChI is InChI=1S/C21H29NO3/c1-15(7-9-18-16(2)6-5-11-21(18,3)4)14-17-8-10-19(25-17)20(24)22-12-13-23/h7-10,14,23H,5-6,11-13H2,1-4H3,(H,22,24)/b9-7?,15-14+. The maximum atomic E-state index is 11.8. The lowest BCUT2D eigenvalue weighted by molar-refractivity contribution is 0.0916. The molecule has 0 aromatic carbocycles. The summed E-state index contributed by atoms with van der Waals surface area (Å²) in [5.74, 6) is 0.583. The van der Waals surface area contributed by atoms with Gasteiger partial charge in [-0.2, -0.15) is 0 Å². The first-order valence-corrected chi connectivity index (χ1v) is 8.89. The molecule has 0 bridgehead atoms. The molecule has 0 saturated carbocycles. The third kappa shape index (κ3) is 5.20. The van der Waals surface area contributed by atoms with Crippen LogP contribution in [0, 0.1) is 5.41 Å². The van der Waals surface area contributed by atoms with Gasteiger partial charge in [0.25, 0.3) is 5.91 Å². The van der Waals surface area contributed by atoms with Crippen LogP contribution in [0.15, 0.2) is 45.4 Å². The van der Waals surface area contributed by atoms with Gasteiger partial charge in [-0.3, -0.25) is 4.79 Å². The number of aliphatic hydroxyl groups excluding tert-OH is 1. The molecule has 2 rings (SSSR count). The number of rotatable bonds is 6. The Labute approximate surface area is 150 Å². The molecule has 0 fully saturated rings. The van der Waals surface area contributed by atoms with Crippen LogP contribution in [0.4, 0.5) is 0 Å². The highest BCUT2D eigenvalue weighted by Crippen LogP contribution is 2.40. The number of allylic oxidation sites excluding steroid dienone is 5. The summed E-state index contributed by atoms with van der Waals surface area (Å²) >= 11 is 0. The second-order valence-corrected chi connectivity index (χ2v) is 7.33. The smallest absolute Gasteiger partial charge is 0.287 e. The van der Waals surface area contributed by atoms with Crippen LogP contribution in [0.5, 0.6) is 0 Å². The lowest BCUT2D eigenvalue weighted by atomic mass is 9.72. The van der Waals surface area contributed by atoms with Crippen molar-refractivity contribution in [3.05, 3.63) is 52.5 Å². The lowest BCUT2D eigenvalue weighted by Gasteiger charge is -2.32. The van der Waals surface area contributed by atoms with Gasteiger partial charge in [0.2, 0.25) is 0 Å². The second-order valence-electron chi connectivity index (χ2n) is 7.33. The van der Waals surface area contributed by atoms with E-state index in [1.165, 1.54) is 30.4 Å². The van der Waals surface area contributed by atoms with E-state index in [1.54, 1.807) is 12.1 Å². The molecule has 0 aliphatic heterocycles. The molecule has 0 saturated heterocycles. The van der Waals surface area contributed by atoms with Crippen LogP contribution in [0.1, 0.15) is 63.3 Å². The number of amides is 1. The predicted octanol–water partition coefficient (Wildman–Crippen LogP) is 4.49. The summed E-state index contributed by atoms with van der Waals surface area (Å²) in [6.45, 7) is 8.99. The van der Waals surface area contributed by atoms with Crippen molar-refractivity contribution in [3.8, 4) is 0 Å². The van der Waals surface area contributed by atoms with Gasteiger partial charge in [-0.25, -0.2) is 0 Å². The third-order valence-corrected chi connectivity index (χ3v) is 4.67. The molecule has 1 aliphatic rings. The van der Waals surface area contributed by atoms with Gasteiger partial charge in [0.15, 0.2) is 5.76 Å². The van der Waals surface area contributed by atoms with E-state index in [2.05, 4.69) is 38.2 Å². The van der Waals surface area contributed by atoms with E-state index in [4.69, 9.17) is 9.52 Å². The molecule has 2 N–H and O–H groups in total. The average molecular weight is 343 g/mol. The van der Waals surface area contributed by atoms with Gasteiger partial charge in [0.1, 0.15) is 5.76 Å². The SMILES string of the molecule is CC1=C(C=C/C(C)=C/c2ccc(C(=O)NCCO)o2)C(C)(C)CCC1. The average Bonchev–Trinajstić information content (AvgIpc) is 3.00. The fourth-order valence-corrected chi connectivity index (χ4v) is 3.31. The maximum absolute atomic E-state index is 11.8. The molecule has 1 heterocycles. The van der Waals surface area contributed by atoms with Crippen LogP contribution < -0.4 is 5.32 Å². The van der Waals surface area contributed by atoms with Crippen molar-refractivity contribution in [1.29, 1.82) is 0 Å². The van der Waals surface area contributed by atoms with Gasteiger partial charge < -0.3 is 14.8 Å². The van der Waals surface area contributed by atoms with E-state index >= 15 is 0 Å². The first-order valence-electron chi connectivity index (χ1n) is 8.89. The van der Waals surface area contributed by atoms with E-state index in [9.17, 15) is 4.79 Å². The maximum Gasteiger partial charge on any atom is 0.287 e. The molecule has 4 nitrogen and oxygen atoms in total. The molecule has 0 spiro atoms. The molecular weight excluding hydrogens is 314 g/mol. The van der Waals surface area contributed by atoms with Gasteiger partial charge in [-0.05, 0) is 67.9 Å². The van der Waals surface area contributed by atoms with E-state index in [1.807, 2.05) is 13.0 Å². The van der Waals surface area contributed by atoms with Crippen LogP contribution in [-0.2, 0) is 0 Å². The van der Waals surface area contributed by atoms with Gasteiger partial charge in [0, 0.05) is 6.54 Å². The summed E-state index contributed by atoms with van der Waals surface area (Å²) in [5.41, 5.74) is 4.19. The largest absolute Gasteiger partial charge is 0.452 e. The third-order valence-electron chi connectivity index (χ3n) is 4.67. The van der Waals surface area contributed by atoms with Crippen LogP contribution >= 0.6 is 0 Å². The van der Waals surface area contributed by atoms with E-state index in [-0.39, 0.29) is 30.2 Å². The number of hydrogen-bond donors (Lipinski definition) is 2. The Morgan fingerprint density at radius 2 is 2.16 bits per heavy atom. The van der Waals surface area contributed by atoms with Gasteiger partial charge in [-0.1, -0.05) is 31.6 Å². The zero-order valence-corrected chi connectivity index (χ0v) is 15.7. The molecule has 25 heavy (non-hydrogen) atoms. The van der Waals surface area contributed by atoms with Gasteiger partial charge in [-0.15, -0.1) is 0 Å². The Kier molecular flexibility index (Phi) is 6.43. The highest BCUT2D eigenvalue weighted by atomic mass is 16.3.